The van der Waals surface area contributed by atoms with E-state index in [9.17, 15) is 18.8 Å². The standard InChI is InChI=1S/C21H18FNO4/c22-16-10-4-3-9-15(16)21(26)27-18-12-6-5-11-17(18)23-19(24)13-7-1-2-8-14(13)20(23)25/h3-6,9-14H,1-2,7-8H2/t13-,14-/m0/s1. The number of carbonyl (C=O) groups is 3. The maximum Gasteiger partial charge on any atom is 0.346 e. The predicted octanol–water partition coefficient (Wildman–Crippen LogP) is 3.72. The molecule has 27 heavy (non-hydrogen) atoms. The molecule has 0 bridgehead atoms. The summed E-state index contributed by atoms with van der Waals surface area (Å²) in [5.74, 6) is -2.62. The van der Waals surface area contributed by atoms with Crippen LogP contribution in [0.2, 0.25) is 0 Å². The van der Waals surface area contributed by atoms with Gasteiger partial charge in [0.05, 0.1) is 23.1 Å². The van der Waals surface area contributed by atoms with E-state index in [1.54, 1.807) is 18.2 Å². The Kier molecular flexibility index (Phi) is 4.48. The fraction of sp³-hybridized carbons (Fsp3) is 0.286. The van der Waals surface area contributed by atoms with Crippen molar-refractivity contribution < 1.29 is 23.5 Å². The number of amides is 2. The molecule has 1 aliphatic carbocycles. The van der Waals surface area contributed by atoms with E-state index in [0.717, 1.165) is 17.7 Å². The smallest absolute Gasteiger partial charge is 0.346 e. The predicted molar refractivity (Wildman–Crippen MR) is 95.7 cm³/mol. The maximum absolute atomic E-state index is 13.8. The second-order valence-electron chi connectivity index (χ2n) is 6.85. The Balaban J connectivity index is 1.66. The molecule has 1 saturated heterocycles. The molecule has 2 aromatic rings. The molecule has 0 unspecified atom stereocenters. The first-order valence-corrected chi connectivity index (χ1v) is 9.01. The van der Waals surface area contributed by atoms with Crippen LogP contribution in [-0.2, 0) is 9.59 Å². The largest absolute Gasteiger partial charge is 0.421 e. The summed E-state index contributed by atoms with van der Waals surface area (Å²) in [5, 5.41) is 0. The summed E-state index contributed by atoms with van der Waals surface area (Å²) in [6, 6.07) is 11.9. The van der Waals surface area contributed by atoms with Gasteiger partial charge in [0, 0.05) is 0 Å². The van der Waals surface area contributed by atoms with Crippen molar-refractivity contribution in [1.82, 2.24) is 0 Å². The van der Waals surface area contributed by atoms with Crippen molar-refractivity contribution in [2.75, 3.05) is 4.90 Å². The molecule has 1 heterocycles. The van der Waals surface area contributed by atoms with Crippen LogP contribution in [0.1, 0.15) is 36.0 Å². The molecule has 2 fully saturated rings. The van der Waals surface area contributed by atoms with Crippen LogP contribution >= 0.6 is 0 Å². The normalized spacial score (nSPS) is 21.9. The van der Waals surface area contributed by atoms with E-state index in [2.05, 4.69) is 0 Å². The van der Waals surface area contributed by atoms with Crippen LogP contribution in [0.25, 0.3) is 0 Å². The molecule has 6 heteroatoms. The van der Waals surface area contributed by atoms with E-state index < -0.39 is 11.8 Å². The zero-order valence-corrected chi connectivity index (χ0v) is 14.6. The van der Waals surface area contributed by atoms with E-state index in [4.69, 9.17) is 4.74 Å². The Labute approximate surface area is 155 Å². The summed E-state index contributed by atoms with van der Waals surface area (Å²) < 4.78 is 19.2. The van der Waals surface area contributed by atoms with Gasteiger partial charge in [-0.05, 0) is 37.1 Å². The number of halogens is 1. The Bertz CT molecular complexity index is 902. The summed E-state index contributed by atoms with van der Waals surface area (Å²) >= 11 is 0. The highest BCUT2D eigenvalue weighted by Gasteiger charge is 2.49. The Morgan fingerprint density at radius 2 is 1.52 bits per heavy atom. The van der Waals surface area contributed by atoms with Gasteiger partial charge in [-0.15, -0.1) is 0 Å². The van der Waals surface area contributed by atoms with Crippen molar-refractivity contribution in [3.8, 4) is 5.75 Å². The number of rotatable bonds is 3. The number of imide groups is 1. The number of fused-ring (bicyclic) bond motifs is 1. The molecule has 0 N–H and O–H groups in total. The second-order valence-corrected chi connectivity index (χ2v) is 6.85. The zero-order chi connectivity index (χ0) is 19.0. The number of nitrogens with zero attached hydrogens (tertiary/aromatic N) is 1. The highest BCUT2D eigenvalue weighted by atomic mass is 19.1. The first-order chi connectivity index (χ1) is 13.1. The van der Waals surface area contributed by atoms with Gasteiger partial charge in [0.25, 0.3) is 0 Å². The van der Waals surface area contributed by atoms with Gasteiger partial charge in [0.15, 0.2) is 5.75 Å². The van der Waals surface area contributed by atoms with Crippen LogP contribution in [-0.4, -0.2) is 17.8 Å². The highest BCUT2D eigenvalue weighted by Crippen LogP contribution is 2.42. The van der Waals surface area contributed by atoms with Crippen LogP contribution in [0.5, 0.6) is 5.75 Å². The van der Waals surface area contributed by atoms with Gasteiger partial charge in [-0.3, -0.25) is 9.59 Å². The maximum atomic E-state index is 13.8. The van der Waals surface area contributed by atoms with Crippen LogP contribution in [0.15, 0.2) is 48.5 Å². The summed E-state index contributed by atoms with van der Waals surface area (Å²) in [6.45, 7) is 0. The third-order valence-corrected chi connectivity index (χ3v) is 5.24. The molecule has 0 radical (unpaired) electrons. The number of para-hydroxylation sites is 2. The molecule has 1 saturated carbocycles. The van der Waals surface area contributed by atoms with Crippen molar-refractivity contribution in [2.24, 2.45) is 11.8 Å². The number of ether oxygens (including phenoxy) is 1. The summed E-state index contributed by atoms with van der Waals surface area (Å²) in [7, 11) is 0. The Morgan fingerprint density at radius 1 is 0.926 bits per heavy atom. The number of carbonyl (C=O) groups excluding carboxylic acids is 3. The van der Waals surface area contributed by atoms with E-state index in [1.807, 2.05) is 0 Å². The molecule has 0 spiro atoms. The average molecular weight is 367 g/mol. The summed E-state index contributed by atoms with van der Waals surface area (Å²) in [6.07, 6.45) is 3.25. The first-order valence-electron chi connectivity index (χ1n) is 9.01. The van der Waals surface area contributed by atoms with Crippen LogP contribution in [0.4, 0.5) is 10.1 Å². The van der Waals surface area contributed by atoms with Crippen LogP contribution < -0.4 is 9.64 Å². The second kappa shape index (κ2) is 6.95. The van der Waals surface area contributed by atoms with E-state index in [1.165, 1.54) is 30.3 Å². The molecule has 5 nitrogen and oxygen atoms in total. The van der Waals surface area contributed by atoms with Gasteiger partial charge in [-0.1, -0.05) is 37.1 Å². The number of esters is 1. The van der Waals surface area contributed by atoms with Gasteiger partial charge in [0.2, 0.25) is 11.8 Å². The van der Waals surface area contributed by atoms with E-state index in [-0.39, 0.29) is 40.7 Å². The van der Waals surface area contributed by atoms with Crippen molar-refractivity contribution in [2.45, 2.75) is 25.7 Å². The number of anilines is 1. The summed E-state index contributed by atoms with van der Waals surface area (Å²) in [5.41, 5.74) is 0.0200. The highest BCUT2D eigenvalue weighted by molar-refractivity contribution is 6.22. The fourth-order valence-corrected chi connectivity index (χ4v) is 3.91. The number of hydrogen-bond donors (Lipinski definition) is 0. The van der Waals surface area contributed by atoms with Crippen molar-refractivity contribution >= 4 is 23.5 Å². The van der Waals surface area contributed by atoms with E-state index in [0.29, 0.717) is 12.8 Å². The topological polar surface area (TPSA) is 63.7 Å². The lowest BCUT2D eigenvalue weighted by Crippen LogP contribution is -2.31. The third kappa shape index (κ3) is 3.01. The minimum atomic E-state index is -0.878. The van der Waals surface area contributed by atoms with Crippen LogP contribution in [0.3, 0.4) is 0 Å². The Hall–Kier alpha value is -3.02. The molecule has 4 rings (SSSR count). The number of hydrogen-bond acceptors (Lipinski definition) is 4. The molecule has 1 aliphatic heterocycles. The Morgan fingerprint density at radius 3 is 2.19 bits per heavy atom. The lowest BCUT2D eigenvalue weighted by molar-refractivity contribution is -0.122. The van der Waals surface area contributed by atoms with Crippen molar-refractivity contribution in [3.05, 3.63) is 59.9 Å². The van der Waals surface area contributed by atoms with Gasteiger partial charge in [-0.25, -0.2) is 14.1 Å². The van der Waals surface area contributed by atoms with Gasteiger partial charge < -0.3 is 4.74 Å². The average Bonchev–Trinajstić information content (AvgIpc) is 2.94. The summed E-state index contributed by atoms with van der Waals surface area (Å²) in [4.78, 5) is 39.1. The molecule has 2 aromatic carbocycles. The molecule has 2 amide bonds. The van der Waals surface area contributed by atoms with Crippen LogP contribution in [0, 0.1) is 17.7 Å². The van der Waals surface area contributed by atoms with Gasteiger partial charge in [-0.2, -0.15) is 0 Å². The first kappa shape index (κ1) is 17.4. The molecule has 0 aromatic heterocycles. The van der Waals surface area contributed by atoms with Crippen molar-refractivity contribution in [3.63, 3.8) is 0 Å². The zero-order valence-electron chi connectivity index (χ0n) is 14.6. The SMILES string of the molecule is O=C(Oc1ccccc1N1C(=O)[C@H]2CCCC[C@@H]2C1=O)c1ccccc1F. The molecular formula is C21H18FNO4. The van der Waals surface area contributed by atoms with Crippen molar-refractivity contribution in [1.29, 1.82) is 0 Å². The molecular weight excluding hydrogens is 349 g/mol. The lowest BCUT2D eigenvalue weighted by atomic mass is 9.81. The third-order valence-electron chi connectivity index (χ3n) is 5.24. The lowest BCUT2D eigenvalue weighted by Gasteiger charge is -2.19. The fourth-order valence-electron chi connectivity index (χ4n) is 3.91. The quantitative estimate of drug-likeness (QED) is 0.471. The molecule has 2 atom stereocenters. The monoisotopic (exact) mass is 367 g/mol. The van der Waals surface area contributed by atoms with Gasteiger partial charge >= 0.3 is 5.97 Å². The molecule has 2 aliphatic rings. The van der Waals surface area contributed by atoms with Gasteiger partial charge in [0.1, 0.15) is 5.82 Å². The minimum absolute atomic E-state index is 0.0612. The van der Waals surface area contributed by atoms with E-state index >= 15 is 0 Å². The minimum Gasteiger partial charge on any atom is -0.421 e. The molecule has 138 valence electrons. The number of benzene rings is 2.